The third kappa shape index (κ3) is 2.91. The minimum Gasteiger partial charge on any atom is -0.478 e. The van der Waals surface area contributed by atoms with E-state index in [1.54, 1.807) is 41.9 Å². The molecule has 2 aromatic heterocycles. The third-order valence-corrected chi connectivity index (χ3v) is 3.50. The number of pyridine rings is 1. The van der Waals surface area contributed by atoms with Crippen LogP contribution in [0.4, 0.5) is 5.69 Å². The largest absolute Gasteiger partial charge is 0.478 e. The molecule has 3 aromatic rings. The number of nitrogens with one attached hydrogen (secondary N) is 1. The van der Waals surface area contributed by atoms with Crippen LogP contribution < -0.4 is 5.32 Å². The molecule has 0 radical (unpaired) electrons. The standard InChI is InChI=1S/C17H15N3O3/c1-2-15(21)18-12-7-5-11(6-8-12)14-10-20-9-3-4-13(17(22)23)16(20)19-14/h3-10H,2H2,1H3,(H,18,21)(H,22,23). The van der Waals surface area contributed by atoms with Gasteiger partial charge in [-0.2, -0.15) is 0 Å². The van der Waals surface area contributed by atoms with Gasteiger partial charge in [-0.15, -0.1) is 0 Å². The van der Waals surface area contributed by atoms with Crippen molar-refractivity contribution in [2.45, 2.75) is 13.3 Å². The second kappa shape index (κ2) is 5.92. The van der Waals surface area contributed by atoms with Gasteiger partial charge in [0, 0.05) is 30.1 Å². The summed E-state index contributed by atoms with van der Waals surface area (Å²) in [7, 11) is 0. The molecular formula is C17H15N3O3. The molecule has 116 valence electrons. The van der Waals surface area contributed by atoms with Crippen LogP contribution in [-0.4, -0.2) is 26.4 Å². The number of aromatic carboxylic acids is 1. The lowest BCUT2D eigenvalue weighted by molar-refractivity contribution is -0.115. The van der Waals surface area contributed by atoms with Gasteiger partial charge in [-0.1, -0.05) is 19.1 Å². The molecular weight excluding hydrogens is 294 g/mol. The van der Waals surface area contributed by atoms with Crippen LogP contribution in [0.3, 0.4) is 0 Å². The Bertz CT molecular complexity index is 882. The van der Waals surface area contributed by atoms with Crippen LogP contribution in [0.5, 0.6) is 0 Å². The van der Waals surface area contributed by atoms with Crippen LogP contribution in [0.25, 0.3) is 16.9 Å². The van der Waals surface area contributed by atoms with Crippen LogP contribution in [0.1, 0.15) is 23.7 Å². The fourth-order valence-corrected chi connectivity index (χ4v) is 2.29. The summed E-state index contributed by atoms with van der Waals surface area (Å²) in [4.78, 5) is 27.0. The Kier molecular flexibility index (Phi) is 3.80. The van der Waals surface area contributed by atoms with Crippen molar-refractivity contribution in [3.63, 3.8) is 0 Å². The summed E-state index contributed by atoms with van der Waals surface area (Å²) in [5.74, 6) is -1.05. The normalized spacial score (nSPS) is 10.7. The van der Waals surface area contributed by atoms with Gasteiger partial charge in [0.15, 0.2) is 5.65 Å². The second-order valence-corrected chi connectivity index (χ2v) is 5.06. The Balaban J connectivity index is 1.96. The van der Waals surface area contributed by atoms with Crippen LogP contribution >= 0.6 is 0 Å². The molecule has 0 saturated carbocycles. The highest BCUT2D eigenvalue weighted by Gasteiger charge is 2.12. The van der Waals surface area contributed by atoms with Gasteiger partial charge < -0.3 is 14.8 Å². The molecule has 1 aromatic carbocycles. The van der Waals surface area contributed by atoms with Crippen molar-refractivity contribution in [2.75, 3.05) is 5.32 Å². The molecule has 6 heteroatoms. The zero-order valence-corrected chi connectivity index (χ0v) is 12.5. The average Bonchev–Trinajstić information content (AvgIpc) is 2.99. The number of carboxylic acid groups (broad SMARTS) is 1. The minimum absolute atomic E-state index is 0.0448. The molecule has 23 heavy (non-hydrogen) atoms. The number of carbonyl (C=O) groups excluding carboxylic acids is 1. The Hall–Kier alpha value is -3.15. The van der Waals surface area contributed by atoms with Crippen molar-refractivity contribution in [2.24, 2.45) is 0 Å². The highest BCUT2D eigenvalue weighted by Crippen LogP contribution is 2.22. The van der Waals surface area contributed by atoms with Gasteiger partial charge in [-0.05, 0) is 24.3 Å². The first-order chi connectivity index (χ1) is 11.1. The quantitative estimate of drug-likeness (QED) is 0.776. The van der Waals surface area contributed by atoms with E-state index in [9.17, 15) is 14.7 Å². The number of rotatable bonds is 4. The van der Waals surface area contributed by atoms with Gasteiger partial charge in [0.05, 0.1) is 5.69 Å². The fourth-order valence-electron chi connectivity index (χ4n) is 2.29. The number of nitrogens with zero attached hydrogens (tertiary/aromatic N) is 2. The van der Waals surface area contributed by atoms with E-state index in [1.165, 1.54) is 6.07 Å². The smallest absolute Gasteiger partial charge is 0.339 e. The SMILES string of the molecule is CCC(=O)Nc1ccc(-c2cn3cccc(C(=O)O)c3n2)cc1. The number of imidazole rings is 1. The maximum Gasteiger partial charge on any atom is 0.339 e. The lowest BCUT2D eigenvalue weighted by Crippen LogP contribution is -2.08. The maximum absolute atomic E-state index is 11.4. The van der Waals surface area contributed by atoms with Crippen LogP contribution in [-0.2, 0) is 4.79 Å². The number of benzene rings is 1. The molecule has 3 rings (SSSR count). The van der Waals surface area contributed by atoms with Crippen molar-refractivity contribution in [1.29, 1.82) is 0 Å². The third-order valence-electron chi connectivity index (χ3n) is 3.50. The van der Waals surface area contributed by atoms with Gasteiger partial charge >= 0.3 is 5.97 Å². The average molecular weight is 309 g/mol. The van der Waals surface area contributed by atoms with Gasteiger partial charge in [0.1, 0.15) is 5.56 Å². The number of hydrogen-bond donors (Lipinski definition) is 2. The van der Waals surface area contributed by atoms with E-state index >= 15 is 0 Å². The minimum atomic E-state index is -1.01. The van der Waals surface area contributed by atoms with E-state index in [0.29, 0.717) is 17.8 Å². The van der Waals surface area contributed by atoms with Crippen LogP contribution in [0.15, 0.2) is 48.8 Å². The number of aromatic nitrogens is 2. The zero-order valence-electron chi connectivity index (χ0n) is 12.5. The van der Waals surface area contributed by atoms with E-state index in [-0.39, 0.29) is 11.5 Å². The molecule has 1 amide bonds. The lowest BCUT2D eigenvalue weighted by atomic mass is 10.1. The van der Waals surface area contributed by atoms with Gasteiger partial charge in [0.2, 0.25) is 5.91 Å². The van der Waals surface area contributed by atoms with Crippen molar-refractivity contribution in [1.82, 2.24) is 9.38 Å². The first-order valence-electron chi connectivity index (χ1n) is 7.20. The monoisotopic (exact) mass is 309 g/mol. The highest BCUT2D eigenvalue weighted by atomic mass is 16.4. The van der Waals surface area contributed by atoms with Gasteiger partial charge in [0.25, 0.3) is 0 Å². The molecule has 0 atom stereocenters. The lowest BCUT2D eigenvalue weighted by Gasteiger charge is -2.03. The van der Waals surface area contributed by atoms with Gasteiger partial charge in [-0.3, -0.25) is 4.79 Å². The summed E-state index contributed by atoms with van der Waals surface area (Å²) in [6.45, 7) is 1.79. The van der Waals surface area contributed by atoms with E-state index < -0.39 is 5.97 Å². The summed E-state index contributed by atoms with van der Waals surface area (Å²) in [5, 5.41) is 12.0. The molecule has 2 heterocycles. The summed E-state index contributed by atoms with van der Waals surface area (Å²) < 4.78 is 1.69. The number of anilines is 1. The molecule has 0 aliphatic heterocycles. The van der Waals surface area contributed by atoms with Gasteiger partial charge in [-0.25, -0.2) is 9.78 Å². The Morgan fingerprint density at radius 1 is 1.22 bits per heavy atom. The Morgan fingerprint density at radius 3 is 2.61 bits per heavy atom. The second-order valence-electron chi connectivity index (χ2n) is 5.06. The van der Waals surface area contributed by atoms with E-state index in [1.807, 2.05) is 12.1 Å². The van der Waals surface area contributed by atoms with Crippen molar-refractivity contribution in [3.8, 4) is 11.3 Å². The topological polar surface area (TPSA) is 83.7 Å². The summed E-state index contributed by atoms with van der Waals surface area (Å²) in [6, 6.07) is 10.5. The Morgan fingerprint density at radius 2 is 1.96 bits per heavy atom. The first-order valence-corrected chi connectivity index (χ1v) is 7.20. The molecule has 0 spiro atoms. The van der Waals surface area contributed by atoms with Crippen molar-refractivity contribution < 1.29 is 14.7 Å². The molecule has 0 bridgehead atoms. The van der Waals surface area contributed by atoms with E-state index in [0.717, 1.165) is 11.3 Å². The van der Waals surface area contributed by atoms with Crippen LogP contribution in [0, 0.1) is 0 Å². The molecule has 6 nitrogen and oxygen atoms in total. The van der Waals surface area contributed by atoms with Crippen molar-refractivity contribution in [3.05, 3.63) is 54.4 Å². The van der Waals surface area contributed by atoms with E-state index in [4.69, 9.17) is 0 Å². The van der Waals surface area contributed by atoms with E-state index in [2.05, 4.69) is 10.3 Å². The first kappa shape index (κ1) is 14.8. The predicted molar refractivity (Wildman–Crippen MR) is 86.5 cm³/mol. The Labute approximate surface area is 132 Å². The molecule has 0 fully saturated rings. The number of hydrogen-bond acceptors (Lipinski definition) is 3. The molecule has 0 aliphatic rings. The number of carbonyl (C=O) groups is 2. The molecule has 0 aliphatic carbocycles. The van der Waals surface area contributed by atoms with Crippen molar-refractivity contribution >= 4 is 23.2 Å². The molecule has 0 unspecified atom stereocenters. The zero-order chi connectivity index (χ0) is 16.4. The number of fused-ring (bicyclic) bond motifs is 1. The number of carboxylic acids is 1. The molecule has 0 saturated heterocycles. The predicted octanol–water partition coefficient (Wildman–Crippen LogP) is 3.05. The summed E-state index contributed by atoms with van der Waals surface area (Å²) in [6.07, 6.45) is 3.96. The summed E-state index contributed by atoms with van der Waals surface area (Å²) >= 11 is 0. The summed E-state index contributed by atoms with van der Waals surface area (Å²) in [5.41, 5.74) is 2.80. The number of amides is 1. The van der Waals surface area contributed by atoms with Crippen LogP contribution in [0.2, 0.25) is 0 Å². The maximum atomic E-state index is 11.4. The highest BCUT2D eigenvalue weighted by molar-refractivity contribution is 5.95. The molecule has 2 N–H and O–H groups in total. The fraction of sp³-hybridized carbons (Fsp3) is 0.118.